The van der Waals surface area contributed by atoms with Gasteiger partial charge in [0, 0.05) is 55.6 Å². The van der Waals surface area contributed by atoms with E-state index in [0.29, 0.717) is 26.0 Å². The number of anilines is 2. The molecule has 1 heterocycles. The first kappa shape index (κ1) is 33.1. The number of hydrogen-bond donors (Lipinski definition) is 0. The topological polar surface area (TPSA) is 75.2 Å². The van der Waals surface area contributed by atoms with Crippen LogP contribution in [-0.2, 0) is 32.0 Å². The second kappa shape index (κ2) is 15.8. The number of rotatable bonds is 13. The normalized spacial score (nSPS) is 16.5. The molecule has 0 atom stereocenters. The third kappa shape index (κ3) is 9.13. The molecule has 8 heteroatoms. The number of pyridine rings is 1. The summed E-state index contributed by atoms with van der Waals surface area (Å²) >= 11 is 0. The summed E-state index contributed by atoms with van der Waals surface area (Å²) in [4.78, 5) is 37.0. The molecule has 0 saturated heterocycles. The highest BCUT2D eigenvalue weighted by Crippen LogP contribution is 2.31. The Kier molecular flexibility index (Phi) is 11.9. The lowest BCUT2D eigenvalue weighted by atomic mass is 9.86. The molecule has 2 aromatic carbocycles. The molecule has 4 rings (SSSR count). The predicted molar refractivity (Wildman–Crippen MR) is 177 cm³/mol. The van der Waals surface area contributed by atoms with Crippen molar-refractivity contribution in [1.29, 1.82) is 0 Å². The van der Waals surface area contributed by atoms with E-state index in [4.69, 9.17) is 14.5 Å². The lowest BCUT2D eigenvalue weighted by Crippen LogP contribution is -2.39. The number of aromatic nitrogens is 1. The zero-order chi connectivity index (χ0) is 31.6. The maximum atomic E-state index is 14.2. The molecular formula is C36H48N4O4. The molecule has 0 spiro atoms. The van der Waals surface area contributed by atoms with Crippen LogP contribution < -0.4 is 9.80 Å². The molecule has 0 unspecified atom stereocenters. The van der Waals surface area contributed by atoms with Crippen LogP contribution in [0.25, 0.3) is 11.3 Å². The second-order valence-electron chi connectivity index (χ2n) is 12.2. The van der Waals surface area contributed by atoms with Crippen LogP contribution in [0.15, 0.2) is 60.7 Å². The van der Waals surface area contributed by atoms with Gasteiger partial charge in [0.1, 0.15) is 0 Å². The highest BCUT2D eigenvalue weighted by Gasteiger charge is 2.31. The zero-order valence-corrected chi connectivity index (χ0v) is 27.2. The standard InChI is InChI=1S/C36H48N4O4/c1-26-30(15-20-34(37-26)28-11-16-31(17-12-28)39(4)5)25-40(32-9-7-8-27(24-32)10-21-35(41)43-6)36(42)29-13-18-33(19-14-29)44-23-22-38(2)3/h7-9,11-12,15-17,20,24,29,33H,10,13-14,18-19,21-23,25H2,1-6H3. The Balaban J connectivity index is 1.54. The maximum Gasteiger partial charge on any atom is 0.305 e. The third-order valence-electron chi connectivity index (χ3n) is 8.45. The number of methoxy groups -OCH3 is 1. The molecule has 0 radical (unpaired) electrons. The van der Waals surface area contributed by atoms with Crippen molar-refractivity contribution >= 4 is 23.3 Å². The summed E-state index contributed by atoms with van der Waals surface area (Å²) in [6.07, 6.45) is 4.45. The monoisotopic (exact) mass is 600 g/mol. The number of nitrogens with zero attached hydrogens (tertiary/aromatic N) is 4. The number of amides is 1. The smallest absolute Gasteiger partial charge is 0.305 e. The van der Waals surface area contributed by atoms with E-state index in [1.807, 2.05) is 70.3 Å². The van der Waals surface area contributed by atoms with Crippen LogP contribution in [0.1, 0.15) is 48.9 Å². The van der Waals surface area contributed by atoms with Gasteiger partial charge in [-0.15, -0.1) is 0 Å². The Morgan fingerprint density at radius 3 is 2.27 bits per heavy atom. The van der Waals surface area contributed by atoms with Crippen molar-refractivity contribution in [3.63, 3.8) is 0 Å². The first-order chi connectivity index (χ1) is 21.1. The van der Waals surface area contributed by atoms with Crippen molar-refractivity contribution in [2.24, 2.45) is 5.92 Å². The molecule has 0 N–H and O–H groups in total. The van der Waals surface area contributed by atoms with Crippen molar-refractivity contribution in [2.75, 3.05) is 58.3 Å². The molecule has 3 aromatic rings. The molecular weight excluding hydrogens is 552 g/mol. The van der Waals surface area contributed by atoms with Gasteiger partial charge in [0.05, 0.1) is 32.1 Å². The van der Waals surface area contributed by atoms with Crippen LogP contribution >= 0.6 is 0 Å². The minimum atomic E-state index is -0.244. The average Bonchev–Trinajstić information content (AvgIpc) is 3.03. The molecule has 1 amide bonds. The number of esters is 1. The summed E-state index contributed by atoms with van der Waals surface area (Å²) in [6, 6.07) is 20.5. The number of carbonyl (C=O) groups excluding carboxylic acids is 2. The number of benzene rings is 2. The van der Waals surface area contributed by atoms with Crippen LogP contribution in [-0.4, -0.2) is 76.3 Å². The van der Waals surface area contributed by atoms with Crippen molar-refractivity contribution < 1.29 is 19.1 Å². The van der Waals surface area contributed by atoms with Gasteiger partial charge in [0.2, 0.25) is 5.91 Å². The van der Waals surface area contributed by atoms with E-state index < -0.39 is 0 Å². The Hall–Kier alpha value is -3.75. The Labute approximate surface area is 263 Å². The van der Waals surface area contributed by atoms with Crippen molar-refractivity contribution in [2.45, 2.75) is 58.1 Å². The van der Waals surface area contributed by atoms with Gasteiger partial charge in [-0.3, -0.25) is 14.6 Å². The third-order valence-corrected chi connectivity index (χ3v) is 8.45. The highest BCUT2D eigenvalue weighted by atomic mass is 16.5. The minimum Gasteiger partial charge on any atom is -0.469 e. The van der Waals surface area contributed by atoms with E-state index in [1.165, 1.54) is 7.11 Å². The molecule has 8 nitrogen and oxygen atoms in total. The molecule has 0 bridgehead atoms. The first-order valence-corrected chi connectivity index (χ1v) is 15.6. The summed E-state index contributed by atoms with van der Waals surface area (Å²) in [5.41, 5.74) is 6.84. The van der Waals surface area contributed by atoms with E-state index in [-0.39, 0.29) is 23.9 Å². The van der Waals surface area contributed by atoms with E-state index >= 15 is 0 Å². The van der Waals surface area contributed by atoms with Gasteiger partial charge in [-0.1, -0.05) is 30.3 Å². The van der Waals surface area contributed by atoms with E-state index in [2.05, 4.69) is 40.1 Å². The molecule has 0 aliphatic heterocycles. The van der Waals surface area contributed by atoms with Crippen LogP contribution in [0.3, 0.4) is 0 Å². The number of ether oxygens (including phenoxy) is 2. The predicted octanol–water partition coefficient (Wildman–Crippen LogP) is 5.90. The molecule has 1 saturated carbocycles. The number of likely N-dealkylation sites (N-methyl/N-ethyl adjacent to an activating group) is 1. The molecule has 1 fully saturated rings. The van der Waals surface area contributed by atoms with Crippen molar-refractivity contribution in [3.05, 3.63) is 77.5 Å². The van der Waals surface area contributed by atoms with Gasteiger partial charge in [0.25, 0.3) is 0 Å². The second-order valence-corrected chi connectivity index (χ2v) is 12.2. The lowest BCUT2D eigenvalue weighted by molar-refractivity contribution is -0.140. The van der Waals surface area contributed by atoms with E-state index in [0.717, 1.165) is 71.7 Å². The highest BCUT2D eigenvalue weighted by molar-refractivity contribution is 5.95. The van der Waals surface area contributed by atoms with Gasteiger partial charge in [-0.25, -0.2) is 0 Å². The van der Waals surface area contributed by atoms with Crippen molar-refractivity contribution in [3.8, 4) is 11.3 Å². The van der Waals surface area contributed by atoms with E-state index in [1.54, 1.807) is 0 Å². The number of aryl methyl sites for hydroxylation is 2. The Bertz CT molecular complexity index is 1380. The number of carbonyl (C=O) groups is 2. The zero-order valence-electron chi connectivity index (χ0n) is 27.2. The first-order valence-electron chi connectivity index (χ1n) is 15.6. The SMILES string of the molecule is COC(=O)CCc1cccc(N(Cc2ccc(-c3ccc(N(C)C)cc3)nc2C)C(=O)C2CCC(OCCN(C)C)CC2)c1. The van der Waals surface area contributed by atoms with Gasteiger partial charge >= 0.3 is 5.97 Å². The maximum absolute atomic E-state index is 14.2. The minimum absolute atomic E-state index is 0.0647. The Morgan fingerprint density at radius 2 is 1.64 bits per heavy atom. The fourth-order valence-electron chi connectivity index (χ4n) is 5.64. The summed E-state index contributed by atoms with van der Waals surface area (Å²) in [5, 5.41) is 0. The van der Waals surface area contributed by atoms with E-state index in [9.17, 15) is 9.59 Å². The summed E-state index contributed by atoms with van der Waals surface area (Å²) in [5.74, 6) is -0.180. The molecule has 44 heavy (non-hydrogen) atoms. The Morgan fingerprint density at radius 1 is 0.909 bits per heavy atom. The van der Waals surface area contributed by atoms with Crippen LogP contribution in [0, 0.1) is 12.8 Å². The van der Waals surface area contributed by atoms with Gasteiger partial charge in [-0.2, -0.15) is 0 Å². The summed E-state index contributed by atoms with van der Waals surface area (Å²) in [7, 11) is 9.55. The van der Waals surface area contributed by atoms with Gasteiger partial charge in [-0.05, 0) is 94.6 Å². The lowest BCUT2D eigenvalue weighted by Gasteiger charge is -2.33. The van der Waals surface area contributed by atoms with Gasteiger partial charge in [0.15, 0.2) is 0 Å². The average molecular weight is 601 g/mol. The van der Waals surface area contributed by atoms with Crippen molar-refractivity contribution in [1.82, 2.24) is 9.88 Å². The fourth-order valence-corrected chi connectivity index (χ4v) is 5.64. The molecule has 1 aliphatic carbocycles. The van der Waals surface area contributed by atoms with Crippen LogP contribution in [0.5, 0.6) is 0 Å². The van der Waals surface area contributed by atoms with Gasteiger partial charge < -0.3 is 24.2 Å². The fraction of sp³-hybridized carbons (Fsp3) is 0.472. The summed E-state index contributed by atoms with van der Waals surface area (Å²) < 4.78 is 10.9. The number of hydrogen-bond acceptors (Lipinski definition) is 7. The van der Waals surface area contributed by atoms with Crippen LogP contribution in [0.2, 0.25) is 0 Å². The largest absolute Gasteiger partial charge is 0.469 e. The quantitative estimate of drug-likeness (QED) is 0.226. The molecule has 1 aliphatic rings. The molecule has 236 valence electrons. The van der Waals surface area contributed by atoms with Crippen LogP contribution in [0.4, 0.5) is 11.4 Å². The molecule has 1 aromatic heterocycles. The summed E-state index contributed by atoms with van der Waals surface area (Å²) in [6.45, 7) is 4.05.